The molecule has 0 aliphatic carbocycles. The molecule has 1 atom stereocenters. The summed E-state index contributed by atoms with van der Waals surface area (Å²) in [6.45, 7) is 2.42. The topological polar surface area (TPSA) is 72.4 Å². The van der Waals surface area contributed by atoms with Crippen LogP contribution in [0.3, 0.4) is 0 Å². The fourth-order valence-corrected chi connectivity index (χ4v) is 3.52. The fourth-order valence-electron chi connectivity index (χ4n) is 3.52. The zero-order chi connectivity index (χ0) is 21.3. The van der Waals surface area contributed by atoms with Crippen molar-refractivity contribution < 1.29 is 23.4 Å². The average molecular weight is 411 g/mol. The van der Waals surface area contributed by atoms with Crippen molar-refractivity contribution in [2.75, 3.05) is 21.0 Å². The number of hydrogen-bond donors (Lipinski definition) is 1. The number of fused-ring (bicyclic) bond motifs is 1. The molecule has 2 heterocycles. The third-order valence-electron chi connectivity index (χ3n) is 5.21. The number of carbonyl (C=O) groups is 1. The van der Waals surface area contributed by atoms with E-state index in [9.17, 15) is 9.18 Å². The van der Waals surface area contributed by atoms with Crippen molar-refractivity contribution in [1.29, 1.82) is 0 Å². The van der Waals surface area contributed by atoms with Crippen LogP contribution >= 0.6 is 0 Å². The van der Waals surface area contributed by atoms with Crippen LogP contribution in [0.1, 0.15) is 24.1 Å². The van der Waals surface area contributed by atoms with E-state index in [0.29, 0.717) is 40.8 Å². The maximum Gasteiger partial charge on any atom is 0.337 e. The van der Waals surface area contributed by atoms with Crippen LogP contribution in [0.25, 0.3) is 0 Å². The first-order chi connectivity index (χ1) is 14.5. The fraction of sp³-hybridized carbons (Fsp3) is 0.273. The van der Waals surface area contributed by atoms with Gasteiger partial charge in [-0.1, -0.05) is 18.2 Å². The lowest BCUT2D eigenvalue weighted by Gasteiger charge is -2.35. The van der Waals surface area contributed by atoms with Crippen LogP contribution in [0.5, 0.6) is 11.5 Å². The highest BCUT2D eigenvalue weighted by Crippen LogP contribution is 2.33. The largest absolute Gasteiger partial charge is 0.466 e. The highest BCUT2D eigenvalue weighted by atomic mass is 19.1. The molecule has 0 saturated carbocycles. The lowest BCUT2D eigenvalue weighted by Crippen LogP contribution is -2.47. The molecule has 2 aromatic rings. The number of guanidine groups is 1. The summed E-state index contributed by atoms with van der Waals surface area (Å²) >= 11 is 0. The Morgan fingerprint density at radius 3 is 2.83 bits per heavy atom. The lowest BCUT2D eigenvalue weighted by molar-refractivity contribution is -0.136. The number of ether oxygens (including phenoxy) is 3. The number of carbonyl (C=O) groups excluding carboxylic acids is 1. The second-order valence-corrected chi connectivity index (χ2v) is 7.01. The summed E-state index contributed by atoms with van der Waals surface area (Å²) in [5.41, 5.74) is 2.65. The molecule has 0 aromatic heterocycles. The van der Waals surface area contributed by atoms with Gasteiger partial charge in [-0.15, -0.1) is 0 Å². The predicted molar refractivity (Wildman–Crippen MR) is 108 cm³/mol. The van der Waals surface area contributed by atoms with Gasteiger partial charge in [-0.05, 0) is 42.3 Å². The number of esters is 1. The van der Waals surface area contributed by atoms with E-state index in [2.05, 4.69) is 10.3 Å². The molecule has 156 valence electrons. The van der Waals surface area contributed by atoms with Gasteiger partial charge in [0.1, 0.15) is 5.82 Å². The molecule has 0 fully saturated rings. The van der Waals surface area contributed by atoms with Crippen molar-refractivity contribution in [1.82, 2.24) is 10.2 Å². The monoisotopic (exact) mass is 411 g/mol. The number of hydrogen-bond acceptors (Lipinski definition) is 5. The number of methoxy groups -OCH3 is 1. The summed E-state index contributed by atoms with van der Waals surface area (Å²) in [5.74, 6) is 1.11. The molecular formula is C22H22FN3O4. The van der Waals surface area contributed by atoms with Crippen LogP contribution in [-0.4, -0.2) is 37.8 Å². The van der Waals surface area contributed by atoms with Crippen LogP contribution < -0.4 is 14.8 Å². The smallest absolute Gasteiger partial charge is 0.337 e. The highest BCUT2D eigenvalue weighted by Gasteiger charge is 2.34. The first-order valence-electron chi connectivity index (χ1n) is 9.45. The number of nitrogens with zero attached hydrogens (tertiary/aromatic N) is 2. The summed E-state index contributed by atoms with van der Waals surface area (Å²) in [4.78, 5) is 18.9. The van der Waals surface area contributed by atoms with Crippen LogP contribution in [0.15, 0.2) is 58.7 Å². The van der Waals surface area contributed by atoms with E-state index in [4.69, 9.17) is 14.2 Å². The molecule has 8 heteroatoms. The van der Waals surface area contributed by atoms with Gasteiger partial charge in [0, 0.05) is 12.7 Å². The SMILES string of the molecule is COC(=O)C1=C(C)N(C)C(=NCc2ccc3c(c2)OCO3)NC1c1cccc(F)c1. The lowest BCUT2D eigenvalue weighted by atomic mass is 9.95. The second-order valence-electron chi connectivity index (χ2n) is 7.01. The standard InChI is InChI=1S/C22H22FN3O4/c1-13-19(21(27)28-3)20(15-5-4-6-16(23)10-15)25-22(26(13)2)24-11-14-7-8-17-18(9-14)30-12-29-17/h4-10,20H,11-12H2,1-3H3,(H,24,25). The zero-order valence-corrected chi connectivity index (χ0v) is 16.9. The van der Waals surface area contributed by atoms with Gasteiger partial charge in [0.25, 0.3) is 0 Å². The molecule has 2 aliphatic rings. The van der Waals surface area contributed by atoms with E-state index in [-0.39, 0.29) is 12.6 Å². The zero-order valence-electron chi connectivity index (χ0n) is 16.9. The third-order valence-corrected chi connectivity index (χ3v) is 5.21. The Balaban J connectivity index is 1.67. The van der Waals surface area contributed by atoms with E-state index in [0.717, 1.165) is 5.56 Å². The molecule has 0 amide bonds. The Kier molecular flexibility index (Phi) is 5.31. The molecule has 4 rings (SSSR count). The predicted octanol–water partition coefficient (Wildman–Crippen LogP) is 3.13. The van der Waals surface area contributed by atoms with Crippen LogP contribution in [0.2, 0.25) is 0 Å². The van der Waals surface area contributed by atoms with Gasteiger partial charge in [0.15, 0.2) is 17.5 Å². The van der Waals surface area contributed by atoms with Crippen molar-refractivity contribution >= 4 is 11.9 Å². The summed E-state index contributed by atoms with van der Waals surface area (Å²) in [6.07, 6.45) is 0. The number of benzene rings is 2. The molecule has 0 bridgehead atoms. The Morgan fingerprint density at radius 1 is 1.27 bits per heavy atom. The number of nitrogens with one attached hydrogen (secondary N) is 1. The first kappa shape index (κ1) is 19.8. The Labute approximate surface area is 173 Å². The Bertz CT molecular complexity index is 1050. The van der Waals surface area contributed by atoms with E-state index < -0.39 is 12.0 Å². The Hall–Kier alpha value is -3.55. The average Bonchev–Trinajstić information content (AvgIpc) is 3.22. The third kappa shape index (κ3) is 3.68. The van der Waals surface area contributed by atoms with Gasteiger partial charge >= 0.3 is 5.97 Å². The normalized spacial score (nSPS) is 19.1. The summed E-state index contributed by atoms with van der Waals surface area (Å²) in [5, 5.41) is 3.26. The minimum atomic E-state index is -0.583. The highest BCUT2D eigenvalue weighted by molar-refractivity contribution is 5.96. The molecular weight excluding hydrogens is 389 g/mol. The summed E-state index contributed by atoms with van der Waals surface area (Å²) in [7, 11) is 3.14. The quantitative estimate of drug-likeness (QED) is 0.780. The summed E-state index contributed by atoms with van der Waals surface area (Å²) in [6, 6.07) is 11.2. The number of allylic oxidation sites excluding steroid dienone is 1. The van der Waals surface area contributed by atoms with Gasteiger partial charge in [-0.25, -0.2) is 14.2 Å². The Morgan fingerprint density at radius 2 is 2.07 bits per heavy atom. The molecule has 0 saturated heterocycles. The van der Waals surface area contributed by atoms with E-state index in [1.165, 1.54) is 19.2 Å². The molecule has 2 aliphatic heterocycles. The second kappa shape index (κ2) is 8.06. The number of halogens is 1. The molecule has 30 heavy (non-hydrogen) atoms. The minimum Gasteiger partial charge on any atom is -0.466 e. The summed E-state index contributed by atoms with van der Waals surface area (Å²) < 4.78 is 29.6. The molecule has 0 spiro atoms. The minimum absolute atomic E-state index is 0.215. The molecule has 2 aromatic carbocycles. The first-order valence-corrected chi connectivity index (χ1v) is 9.45. The molecule has 1 N–H and O–H groups in total. The number of aliphatic imine (C=N–C) groups is 1. The van der Waals surface area contributed by atoms with E-state index >= 15 is 0 Å². The maximum atomic E-state index is 13.9. The molecule has 7 nitrogen and oxygen atoms in total. The number of rotatable bonds is 4. The van der Waals surface area contributed by atoms with Crippen molar-refractivity contribution in [3.63, 3.8) is 0 Å². The van der Waals surface area contributed by atoms with Gasteiger partial charge in [0.2, 0.25) is 6.79 Å². The van der Waals surface area contributed by atoms with Gasteiger partial charge in [0.05, 0.1) is 25.3 Å². The van der Waals surface area contributed by atoms with Crippen LogP contribution in [0, 0.1) is 5.82 Å². The van der Waals surface area contributed by atoms with Gasteiger partial charge < -0.3 is 24.4 Å². The van der Waals surface area contributed by atoms with Crippen molar-refractivity contribution in [3.05, 3.63) is 70.7 Å². The van der Waals surface area contributed by atoms with Gasteiger partial charge in [-0.2, -0.15) is 0 Å². The molecule has 0 radical (unpaired) electrons. The van der Waals surface area contributed by atoms with Crippen LogP contribution in [0.4, 0.5) is 4.39 Å². The van der Waals surface area contributed by atoms with Gasteiger partial charge in [-0.3, -0.25) is 0 Å². The van der Waals surface area contributed by atoms with E-state index in [1.807, 2.05) is 32.2 Å². The van der Waals surface area contributed by atoms with Crippen LogP contribution in [-0.2, 0) is 16.1 Å². The van der Waals surface area contributed by atoms with E-state index in [1.54, 1.807) is 17.0 Å². The molecule has 1 unspecified atom stereocenters. The van der Waals surface area contributed by atoms with Crippen molar-refractivity contribution in [2.24, 2.45) is 4.99 Å². The van der Waals surface area contributed by atoms with Crippen molar-refractivity contribution in [2.45, 2.75) is 19.5 Å². The maximum absolute atomic E-state index is 13.9. The van der Waals surface area contributed by atoms with Crippen molar-refractivity contribution in [3.8, 4) is 11.5 Å².